The monoisotopic (exact) mass is 321 g/mol. The van der Waals surface area contributed by atoms with E-state index in [1.54, 1.807) is 6.92 Å². The highest BCUT2D eigenvalue weighted by Crippen LogP contribution is 2.46. The van der Waals surface area contributed by atoms with Gasteiger partial charge in [-0.05, 0) is 12.3 Å². The lowest BCUT2D eigenvalue weighted by Crippen LogP contribution is -2.26. The fourth-order valence-electron chi connectivity index (χ4n) is 2.40. The Kier molecular flexibility index (Phi) is 6.53. The first-order valence-electron chi connectivity index (χ1n) is 6.85. The van der Waals surface area contributed by atoms with Gasteiger partial charge in [-0.1, -0.05) is 13.8 Å². The molecule has 1 fully saturated rings. The van der Waals surface area contributed by atoms with Gasteiger partial charge in [0.05, 0.1) is 12.5 Å². The summed E-state index contributed by atoms with van der Waals surface area (Å²) in [5, 5.41) is 0. The molecule has 2 amide bonds. The number of rotatable bonds is 8. The molecular weight excluding hydrogens is 297 g/mol. The van der Waals surface area contributed by atoms with E-state index in [9.17, 15) is 14.2 Å². The van der Waals surface area contributed by atoms with Gasteiger partial charge in [0.25, 0.3) is 0 Å². The molecule has 1 aliphatic rings. The number of ether oxygens (including phenoxy) is 1. The normalized spacial score (nSPS) is 24.7. The Morgan fingerprint density at radius 1 is 1.24 bits per heavy atom. The van der Waals surface area contributed by atoms with Crippen molar-refractivity contribution in [1.82, 2.24) is 4.90 Å². The molecule has 0 aromatic carbocycles. The van der Waals surface area contributed by atoms with Gasteiger partial charge in [-0.2, -0.15) is 0 Å². The maximum Gasteiger partial charge on any atom is 0.355 e. The Morgan fingerprint density at radius 3 is 2.24 bits per heavy atom. The van der Waals surface area contributed by atoms with Crippen molar-refractivity contribution in [3.05, 3.63) is 0 Å². The minimum absolute atomic E-state index is 0.0582. The van der Waals surface area contributed by atoms with Crippen LogP contribution in [0, 0.1) is 17.8 Å². The third-order valence-corrected chi connectivity index (χ3v) is 5.45. The van der Waals surface area contributed by atoms with Crippen LogP contribution in [0.3, 0.4) is 0 Å². The van der Waals surface area contributed by atoms with Gasteiger partial charge in [-0.15, -0.1) is 0 Å². The lowest BCUT2D eigenvalue weighted by Gasteiger charge is -2.19. The van der Waals surface area contributed by atoms with Crippen LogP contribution in [0.4, 0.5) is 0 Å². The highest BCUT2D eigenvalue weighted by atomic mass is 31.2. The number of carbonyl (C=O) groups excluding carboxylic acids is 2. The first-order chi connectivity index (χ1) is 9.75. The van der Waals surface area contributed by atoms with Crippen molar-refractivity contribution in [2.75, 3.05) is 34.2 Å². The van der Waals surface area contributed by atoms with Gasteiger partial charge < -0.3 is 13.8 Å². The zero-order chi connectivity index (χ0) is 16.2. The van der Waals surface area contributed by atoms with E-state index in [2.05, 4.69) is 0 Å². The molecule has 0 aromatic heterocycles. The first-order valence-corrected chi connectivity index (χ1v) is 8.58. The van der Waals surface area contributed by atoms with Crippen molar-refractivity contribution in [2.24, 2.45) is 17.8 Å². The summed E-state index contributed by atoms with van der Waals surface area (Å²) in [5.41, 5.74) is 0. The molecule has 1 saturated heterocycles. The summed E-state index contributed by atoms with van der Waals surface area (Å²) in [6, 6.07) is 0. The molecule has 3 unspecified atom stereocenters. The Balaban J connectivity index is 2.44. The SMILES string of the molecule is COP(=O)(COCC(C)CC1C(=O)N(C)C(=O)C1C)OC. The Morgan fingerprint density at radius 2 is 1.81 bits per heavy atom. The van der Waals surface area contributed by atoms with Crippen LogP contribution < -0.4 is 0 Å². The van der Waals surface area contributed by atoms with Gasteiger partial charge in [0, 0.05) is 27.2 Å². The summed E-state index contributed by atoms with van der Waals surface area (Å²) in [4.78, 5) is 24.9. The third-order valence-electron chi connectivity index (χ3n) is 3.84. The molecular formula is C13H24NO6P. The topological polar surface area (TPSA) is 82.1 Å². The molecule has 0 radical (unpaired) electrons. The number of imide groups is 1. The van der Waals surface area contributed by atoms with Crippen LogP contribution >= 0.6 is 7.60 Å². The minimum atomic E-state index is -3.17. The highest BCUT2D eigenvalue weighted by Gasteiger charge is 2.43. The summed E-state index contributed by atoms with van der Waals surface area (Å²) in [6.45, 7) is 4.02. The van der Waals surface area contributed by atoms with Crippen molar-refractivity contribution < 1.29 is 27.9 Å². The van der Waals surface area contributed by atoms with Crippen LogP contribution in [-0.2, 0) is 27.9 Å². The zero-order valence-electron chi connectivity index (χ0n) is 13.2. The molecule has 0 spiro atoms. The fraction of sp³-hybridized carbons (Fsp3) is 0.846. The lowest BCUT2D eigenvalue weighted by molar-refractivity contribution is -0.138. The number of carbonyl (C=O) groups is 2. The average molecular weight is 321 g/mol. The molecule has 3 atom stereocenters. The molecule has 8 heteroatoms. The van der Waals surface area contributed by atoms with Gasteiger partial charge >= 0.3 is 7.60 Å². The minimum Gasteiger partial charge on any atom is -0.369 e. The predicted molar refractivity (Wildman–Crippen MR) is 76.7 cm³/mol. The van der Waals surface area contributed by atoms with Crippen LogP contribution in [-0.4, -0.2) is 50.9 Å². The smallest absolute Gasteiger partial charge is 0.355 e. The molecule has 1 aliphatic heterocycles. The van der Waals surface area contributed by atoms with Crippen molar-refractivity contribution in [2.45, 2.75) is 20.3 Å². The number of hydrogen-bond donors (Lipinski definition) is 0. The summed E-state index contributed by atoms with van der Waals surface area (Å²) >= 11 is 0. The van der Waals surface area contributed by atoms with Gasteiger partial charge in [-0.25, -0.2) is 0 Å². The second-order valence-electron chi connectivity index (χ2n) is 5.45. The van der Waals surface area contributed by atoms with Gasteiger partial charge in [0.2, 0.25) is 11.8 Å². The van der Waals surface area contributed by atoms with E-state index < -0.39 is 7.60 Å². The van der Waals surface area contributed by atoms with Crippen molar-refractivity contribution in [3.63, 3.8) is 0 Å². The van der Waals surface area contributed by atoms with Crippen LogP contribution in [0.25, 0.3) is 0 Å². The van der Waals surface area contributed by atoms with Gasteiger partial charge in [-0.3, -0.25) is 19.1 Å². The quantitative estimate of drug-likeness (QED) is 0.500. The predicted octanol–water partition coefficient (Wildman–Crippen LogP) is 1.72. The molecule has 0 bridgehead atoms. The maximum absolute atomic E-state index is 12.0. The van der Waals surface area contributed by atoms with Crippen LogP contribution in [0.1, 0.15) is 20.3 Å². The molecule has 7 nitrogen and oxygen atoms in total. The van der Waals surface area contributed by atoms with Crippen molar-refractivity contribution >= 4 is 19.4 Å². The molecule has 0 aliphatic carbocycles. The van der Waals surface area contributed by atoms with Gasteiger partial charge in [0.15, 0.2) is 0 Å². The maximum atomic E-state index is 12.0. The van der Waals surface area contributed by atoms with Crippen LogP contribution in [0.15, 0.2) is 0 Å². The second kappa shape index (κ2) is 7.49. The standard InChI is InChI=1S/C13H24NO6P/c1-9(7-20-8-21(17,18-4)19-5)6-11-10(2)12(15)14(3)13(11)16/h9-11H,6-8H2,1-5H3. The Hall–Kier alpha value is -0.750. The van der Waals surface area contributed by atoms with E-state index in [1.165, 1.54) is 26.2 Å². The van der Waals surface area contributed by atoms with Crippen LogP contribution in [0.2, 0.25) is 0 Å². The Bertz CT molecular complexity index is 432. The van der Waals surface area contributed by atoms with Crippen molar-refractivity contribution in [1.29, 1.82) is 0 Å². The largest absolute Gasteiger partial charge is 0.369 e. The number of nitrogens with zero attached hydrogens (tertiary/aromatic N) is 1. The van der Waals surface area contributed by atoms with E-state index >= 15 is 0 Å². The van der Waals surface area contributed by atoms with E-state index in [0.29, 0.717) is 13.0 Å². The summed E-state index contributed by atoms with van der Waals surface area (Å²) in [7, 11) is 0.947. The Labute approximate surface area is 125 Å². The lowest BCUT2D eigenvalue weighted by atomic mass is 9.88. The van der Waals surface area contributed by atoms with E-state index in [0.717, 1.165) is 0 Å². The van der Waals surface area contributed by atoms with Crippen LogP contribution in [0.5, 0.6) is 0 Å². The second-order valence-corrected chi connectivity index (χ2v) is 7.66. The summed E-state index contributed by atoms with van der Waals surface area (Å²) in [5.74, 6) is -0.824. The average Bonchev–Trinajstić information content (AvgIpc) is 2.65. The molecule has 0 N–H and O–H groups in total. The molecule has 1 heterocycles. The third kappa shape index (κ3) is 4.36. The fourth-order valence-corrected chi connectivity index (χ4v) is 3.09. The number of amides is 2. The van der Waals surface area contributed by atoms with E-state index in [1.807, 2.05) is 6.92 Å². The summed E-state index contributed by atoms with van der Waals surface area (Å²) < 4.78 is 26.7. The molecule has 0 aromatic rings. The first kappa shape index (κ1) is 18.3. The zero-order valence-corrected chi connectivity index (χ0v) is 14.1. The highest BCUT2D eigenvalue weighted by molar-refractivity contribution is 7.53. The molecule has 1 rings (SSSR count). The number of hydrogen-bond acceptors (Lipinski definition) is 6. The summed E-state index contributed by atoms with van der Waals surface area (Å²) in [6.07, 6.45) is 0.428. The van der Waals surface area contributed by atoms with Crippen molar-refractivity contribution in [3.8, 4) is 0 Å². The van der Waals surface area contributed by atoms with E-state index in [4.69, 9.17) is 13.8 Å². The molecule has 0 saturated carbocycles. The van der Waals surface area contributed by atoms with E-state index in [-0.39, 0.29) is 35.9 Å². The molecule has 122 valence electrons. The molecule has 21 heavy (non-hydrogen) atoms. The number of likely N-dealkylation sites (tertiary alicyclic amines) is 1. The van der Waals surface area contributed by atoms with Gasteiger partial charge in [0.1, 0.15) is 6.35 Å².